The van der Waals surface area contributed by atoms with E-state index in [1.54, 1.807) is 24.3 Å². The highest BCUT2D eigenvalue weighted by Gasteiger charge is 2.21. The highest BCUT2D eigenvalue weighted by molar-refractivity contribution is 5.78. The lowest BCUT2D eigenvalue weighted by molar-refractivity contribution is 0.624. The van der Waals surface area contributed by atoms with Gasteiger partial charge in [-0.15, -0.1) is 0 Å². The van der Waals surface area contributed by atoms with Crippen molar-refractivity contribution in [1.82, 2.24) is 9.97 Å². The lowest BCUT2D eigenvalue weighted by Crippen LogP contribution is -2.47. The van der Waals surface area contributed by atoms with Gasteiger partial charge in [0.1, 0.15) is 23.6 Å². The van der Waals surface area contributed by atoms with E-state index in [4.69, 9.17) is 5.73 Å². The van der Waals surface area contributed by atoms with Crippen molar-refractivity contribution < 1.29 is 8.78 Å². The van der Waals surface area contributed by atoms with Crippen molar-refractivity contribution in [2.45, 2.75) is 0 Å². The summed E-state index contributed by atoms with van der Waals surface area (Å²) in [5, 5.41) is 3.10. The number of halogens is 2. The molecule has 1 aliphatic heterocycles. The Bertz CT molecular complexity index is 938. The zero-order chi connectivity index (χ0) is 19.5. The third kappa shape index (κ3) is 3.80. The largest absolute Gasteiger partial charge is 0.393 e. The minimum absolute atomic E-state index is 0.239. The van der Waals surface area contributed by atoms with Gasteiger partial charge in [0.15, 0.2) is 11.6 Å². The van der Waals surface area contributed by atoms with Gasteiger partial charge in [-0.2, -0.15) is 0 Å². The Hall–Kier alpha value is -3.42. The Balaban J connectivity index is 1.46. The standard InChI is InChI=1S/C20H20F2N6/c21-14-1-5-16(6-2-14)26-19-18(23)20(25-13-24-19)28-11-9-27(10-12-28)17-7-3-15(22)4-8-17/h1-8,13H,9-12,23H2,(H,24,25,26). The van der Waals surface area contributed by atoms with E-state index in [1.807, 2.05) is 0 Å². The van der Waals surface area contributed by atoms with Gasteiger partial charge in [-0.05, 0) is 48.5 Å². The molecule has 2 heterocycles. The summed E-state index contributed by atoms with van der Waals surface area (Å²) in [6, 6.07) is 12.5. The molecule has 0 radical (unpaired) electrons. The highest BCUT2D eigenvalue weighted by Crippen LogP contribution is 2.29. The molecule has 0 atom stereocenters. The molecule has 0 spiro atoms. The third-order valence-corrected chi connectivity index (χ3v) is 4.74. The molecule has 0 unspecified atom stereocenters. The Morgan fingerprint density at radius 2 is 1.36 bits per heavy atom. The van der Waals surface area contributed by atoms with Crippen LogP contribution in [0.2, 0.25) is 0 Å². The van der Waals surface area contributed by atoms with Crippen LogP contribution in [0.25, 0.3) is 0 Å². The number of hydrogen-bond donors (Lipinski definition) is 2. The van der Waals surface area contributed by atoms with Crippen LogP contribution in [0.4, 0.5) is 37.5 Å². The molecule has 1 saturated heterocycles. The summed E-state index contributed by atoms with van der Waals surface area (Å²) in [7, 11) is 0. The Morgan fingerprint density at radius 1 is 0.786 bits per heavy atom. The van der Waals surface area contributed by atoms with Gasteiger partial charge in [0.2, 0.25) is 0 Å². The van der Waals surface area contributed by atoms with E-state index in [0.29, 0.717) is 23.0 Å². The molecular formula is C20H20F2N6. The maximum atomic E-state index is 13.1. The van der Waals surface area contributed by atoms with E-state index in [1.165, 1.54) is 30.6 Å². The first kappa shape index (κ1) is 18.0. The van der Waals surface area contributed by atoms with E-state index in [0.717, 1.165) is 31.9 Å². The third-order valence-electron chi connectivity index (χ3n) is 4.74. The molecule has 0 amide bonds. The van der Waals surface area contributed by atoms with Crippen molar-refractivity contribution in [3.8, 4) is 0 Å². The Labute approximate surface area is 161 Å². The van der Waals surface area contributed by atoms with Crippen molar-refractivity contribution in [3.05, 3.63) is 66.5 Å². The predicted molar refractivity (Wildman–Crippen MR) is 107 cm³/mol. The maximum Gasteiger partial charge on any atom is 0.159 e. The van der Waals surface area contributed by atoms with Crippen molar-refractivity contribution in [3.63, 3.8) is 0 Å². The normalized spacial score (nSPS) is 14.2. The van der Waals surface area contributed by atoms with E-state index in [-0.39, 0.29) is 11.6 Å². The maximum absolute atomic E-state index is 13.1. The predicted octanol–water partition coefficient (Wildman–Crippen LogP) is 3.41. The molecule has 4 rings (SSSR count). The zero-order valence-electron chi connectivity index (χ0n) is 15.1. The molecule has 0 aliphatic carbocycles. The zero-order valence-corrected chi connectivity index (χ0v) is 15.1. The molecule has 2 aromatic carbocycles. The first-order chi connectivity index (χ1) is 13.6. The van der Waals surface area contributed by atoms with E-state index in [2.05, 4.69) is 25.1 Å². The summed E-state index contributed by atoms with van der Waals surface area (Å²) < 4.78 is 26.2. The highest BCUT2D eigenvalue weighted by atomic mass is 19.1. The van der Waals surface area contributed by atoms with Gasteiger partial charge in [-0.3, -0.25) is 0 Å². The topological polar surface area (TPSA) is 70.3 Å². The Morgan fingerprint density at radius 3 is 2.00 bits per heavy atom. The summed E-state index contributed by atoms with van der Waals surface area (Å²) in [6.07, 6.45) is 1.46. The molecule has 0 bridgehead atoms. The minimum atomic E-state index is -0.305. The van der Waals surface area contributed by atoms with E-state index in [9.17, 15) is 8.78 Å². The van der Waals surface area contributed by atoms with Crippen molar-refractivity contribution >= 4 is 28.7 Å². The van der Waals surface area contributed by atoms with Gasteiger partial charge < -0.3 is 20.9 Å². The molecular weight excluding hydrogens is 362 g/mol. The second kappa shape index (κ2) is 7.67. The number of benzene rings is 2. The second-order valence-electron chi connectivity index (χ2n) is 6.54. The summed E-state index contributed by atoms with van der Waals surface area (Å²) in [6.45, 7) is 3.01. The van der Waals surface area contributed by atoms with Crippen LogP contribution in [-0.4, -0.2) is 36.1 Å². The summed E-state index contributed by atoms with van der Waals surface area (Å²) >= 11 is 0. The molecule has 3 aromatic rings. The van der Waals surface area contributed by atoms with Crippen LogP contribution in [0.15, 0.2) is 54.9 Å². The fraction of sp³-hybridized carbons (Fsp3) is 0.200. The number of nitrogens with two attached hydrogens (primary N) is 1. The van der Waals surface area contributed by atoms with Crippen LogP contribution >= 0.6 is 0 Å². The molecule has 0 saturated carbocycles. The van der Waals surface area contributed by atoms with Crippen molar-refractivity contribution in [2.24, 2.45) is 0 Å². The van der Waals surface area contributed by atoms with Crippen LogP contribution in [0, 0.1) is 11.6 Å². The molecule has 1 aromatic heterocycles. The number of hydrogen-bond acceptors (Lipinski definition) is 6. The number of aromatic nitrogens is 2. The number of piperazine rings is 1. The van der Waals surface area contributed by atoms with E-state index < -0.39 is 0 Å². The van der Waals surface area contributed by atoms with E-state index >= 15 is 0 Å². The summed E-state index contributed by atoms with van der Waals surface area (Å²) in [5.74, 6) is 0.606. The number of anilines is 5. The molecule has 8 heteroatoms. The fourth-order valence-electron chi connectivity index (χ4n) is 3.24. The SMILES string of the molecule is Nc1c(Nc2ccc(F)cc2)ncnc1N1CCN(c2ccc(F)cc2)CC1. The average molecular weight is 382 g/mol. The first-order valence-electron chi connectivity index (χ1n) is 8.99. The first-order valence-corrected chi connectivity index (χ1v) is 8.99. The number of rotatable bonds is 4. The lowest BCUT2D eigenvalue weighted by atomic mass is 10.2. The molecule has 1 fully saturated rings. The smallest absolute Gasteiger partial charge is 0.159 e. The monoisotopic (exact) mass is 382 g/mol. The van der Waals surface area contributed by atoms with Crippen LogP contribution < -0.4 is 20.9 Å². The molecule has 6 nitrogen and oxygen atoms in total. The number of nitrogens with one attached hydrogen (secondary N) is 1. The molecule has 3 N–H and O–H groups in total. The van der Waals surface area contributed by atoms with Crippen LogP contribution in [-0.2, 0) is 0 Å². The quantitative estimate of drug-likeness (QED) is 0.721. The number of nitrogen functional groups attached to an aromatic ring is 1. The molecule has 28 heavy (non-hydrogen) atoms. The van der Waals surface area contributed by atoms with Crippen LogP contribution in [0.1, 0.15) is 0 Å². The number of nitrogens with zero attached hydrogens (tertiary/aromatic N) is 4. The van der Waals surface area contributed by atoms with Gasteiger partial charge in [0, 0.05) is 37.6 Å². The van der Waals surface area contributed by atoms with Gasteiger partial charge in [-0.25, -0.2) is 18.7 Å². The lowest BCUT2D eigenvalue weighted by Gasteiger charge is -2.37. The summed E-state index contributed by atoms with van der Waals surface area (Å²) in [5.41, 5.74) is 8.43. The van der Waals surface area contributed by atoms with Gasteiger partial charge in [0.25, 0.3) is 0 Å². The molecule has 144 valence electrons. The Kier molecular flexibility index (Phi) is 4.92. The summed E-state index contributed by atoms with van der Waals surface area (Å²) in [4.78, 5) is 12.9. The fourth-order valence-corrected chi connectivity index (χ4v) is 3.24. The molecule has 1 aliphatic rings. The van der Waals surface area contributed by atoms with Crippen LogP contribution in [0.5, 0.6) is 0 Å². The van der Waals surface area contributed by atoms with Gasteiger partial charge in [-0.1, -0.05) is 0 Å². The minimum Gasteiger partial charge on any atom is -0.393 e. The van der Waals surface area contributed by atoms with Crippen molar-refractivity contribution in [2.75, 3.05) is 47.0 Å². The van der Waals surface area contributed by atoms with Crippen LogP contribution in [0.3, 0.4) is 0 Å². The second-order valence-corrected chi connectivity index (χ2v) is 6.54. The van der Waals surface area contributed by atoms with Gasteiger partial charge >= 0.3 is 0 Å². The van der Waals surface area contributed by atoms with Gasteiger partial charge in [0.05, 0.1) is 0 Å². The van der Waals surface area contributed by atoms with Crippen molar-refractivity contribution in [1.29, 1.82) is 0 Å². The average Bonchev–Trinajstić information content (AvgIpc) is 2.72.